The van der Waals surface area contributed by atoms with E-state index in [4.69, 9.17) is 9.47 Å². The highest BCUT2D eigenvalue weighted by Crippen LogP contribution is 2.36. The highest BCUT2D eigenvalue weighted by molar-refractivity contribution is 5.75. The zero-order valence-electron chi connectivity index (χ0n) is 15.7. The Bertz CT molecular complexity index is 711. The molecular weight excluding hydrogens is 338 g/mol. The summed E-state index contributed by atoms with van der Waals surface area (Å²) in [5, 5.41) is 14.1. The van der Waals surface area contributed by atoms with Gasteiger partial charge in [0.15, 0.2) is 0 Å². The number of carbonyl (C=O) groups is 1. The molecule has 1 heterocycles. The largest absolute Gasteiger partial charge is 0.444 e. The molecule has 1 aliphatic carbocycles. The van der Waals surface area contributed by atoms with Crippen LogP contribution in [0.25, 0.3) is 5.57 Å². The van der Waals surface area contributed by atoms with Gasteiger partial charge in [-0.2, -0.15) is 0 Å². The van der Waals surface area contributed by atoms with Crippen molar-refractivity contribution >= 4 is 17.4 Å². The van der Waals surface area contributed by atoms with Crippen LogP contribution in [0.4, 0.5) is 10.5 Å². The summed E-state index contributed by atoms with van der Waals surface area (Å²) in [7, 11) is 1.58. The van der Waals surface area contributed by atoms with Gasteiger partial charge in [0.2, 0.25) is 0 Å². The van der Waals surface area contributed by atoms with E-state index in [9.17, 15) is 14.9 Å². The molecule has 0 saturated carbocycles. The second-order valence-electron chi connectivity index (χ2n) is 7.40. The number of rotatable bonds is 4. The van der Waals surface area contributed by atoms with Crippen LogP contribution < -0.4 is 5.32 Å². The number of alkyl carbamates (subject to hydrolysis) is 1. The molecule has 0 bridgehead atoms. The first kappa shape index (κ1) is 19.8. The first-order valence-corrected chi connectivity index (χ1v) is 8.44. The zero-order valence-corrected chi connectivity index (χ0v) is 15.7. The summed E-state index contributed by atoms with van der Waals surface area (Å²) in [6, 6.07) is 1.16. The number of hydrogen-bond acceptors (Lipinski definition) is 6. The molecule has 0 fully saturated rings. The van der Waals surface area contributed by atoms with Crippen molar-refractivity contribution in [3.05, 3.63) is 40.2 Å². The van der Waals surface area contributed by atoms with Crippen molar-refractivity contribution in [3.63, 3.8) is 0 Å². The van der Waals surface area contributed by atoms with Crippen LogP contribution in [0, 0.1) is 16.0 Å². The fourth-order valence-electron chi connectivity index (χ4n) is 3.15. The maximum atomic E-state index is 12.2. The third kappa shape index (κ3) is 4.78. The Kier molecular flexibility index (Phi) is 5.97. The van der Waals surface area contributed by atoms with Crippen LogP contribution >= 0.6 is 0 Å². The summed E-state index contributed by atoms with van der Waals surface area (Å²) >= 11 is 0. The van der Waals surface area contributed by atoms with Crippen LogP contribution in [0.2, 0.25) is 0 Å². The fourth-order valence-corrected chi connectivity index (χ4v) is 3.15. The molecule has 2 rings (SSSR count). The molecule has 1 amide bonds. The summed E-state index contributed by atoms with van der Waals surface area (Å²) in [5.74, 6) is 0.0488. The number of amides is 1. The predicted octanol–water partition coefficient (Wildman–Crippen LogP) is 3.32. The van der Waals surface area contributed by atoms with Crippen molar-refractivity contribution in [1.82, 2.24) is 10.3 Å². The molecule has 0 radical (unpaired) electrons. The summed E-state index contributed by atoms with van der Waals surface area (Å²) in [6.07, 6.45) is 4.34. The van der Waals surface area contributed by atoms with Gasteiger partial charge in [-0.1, -0.05) is 13.0 Å². The van der Waals surface area contributed by atoms with Gasteiger partial charge < -0.3 is 14.8 Å². The summed E-state index contributed by atoms with van der Waals surface area (Å²) in [4.78, 5) is 26.9. The standard InChI is InChI=1S/C18H25N3O5/c1-11-8-12(13-6-7-19-10-15(13)21(23)24)9-14(16(11)25-5)20-17(22)26-18(2,3)4/h6-7,9-11,14,16H,8H2,1-5H3,(H,20,22)/t11-,14+,16-/m0/s1. The summed E-state index contributed by atoms with van der Waals surface area (Å²) < 4.78 is 10.9. The van der Waals surface area contributed by atoms with Crippen molar-refractivity contribution in [2.24, 2.45) is 5.92 Å². The smallest absolute Gasteiger partial charge is 0.408 e. The van der Waals surface area contributed by atoms with Crippen LogP contribution in [0.5, 0.6) is 0 Å². The average Bonchev–Trinajstić information content (AvgIpc) is 2.52. The molecule has 0 saturated heterocycles. The molecule has 0 spiro atoms. The zero-order chi connectivity index (χ0) is 19.5. The SMILES string of the molecule is CO[C@H]1[C@@H](C)CC(c2ccncc2[N+](=O)[O-])=C[C@H]1NC(=O)OC(C)(C)C. The average molecular weight is 363 g/mol. The van der Waals surface area contributed by atoms with Gasteiger partial charge in [0.05, 0.1) is 22.6 Å². The Hall–Kier alpha value is -2.48. The molecule has 3 atom stereocenters. The van der Waals surface area contributed by atoms with E-state index < -0.39 is 22.7 Å². The first-order chi connectivity index (χ1) is 12.1. The van der Waals surface area contributed by atoms with Gasteiger partial charge in [0.25, 0.3) is 5.69 Å². The molecule has 1 aromatic heterocycles. The molecule has 0 aromatic carbocycles. The third-order valence-electron chi connectivity index (χ3n) is 4.14. The van der Waals surface area contributed by atoms with E-state index in [1.54, 1.807) is 40.0 Å². The summed E-state index contributed by atoms with van der Waals surface area (Å²) in [6.45, 7) is 7.33. The third-order valence-corrected chi connectivity index (χ3v) is 4.14. The molecule has 1 aliphatic rings. The van der Waals surface area contributed by atoms with E-state index in [1.807, 2.05) is 6.92 Å². The summed E-state index contributed by atoms with van der Waals surface area (Å²) in [5.41, 5.74) is 0.602. The van der Waals surface area contributed by atoms with E-state index in [1.165, 1.54) is 12.4 Å². The Morgan fingerprint density at radius 3 is 2.69 bits per heavy atom. The second kappa shape index (κ2) is 7.82. The van der Waals surface area contributed by atoms with E-state index in [2.05, 4.69) is 10.3 Å². The van der Waals surface area contributed by atoms with E-state index in [0.717, 1.165) is 5.57 Å². The minimum absolute atomic E-state index is 0.0488. The van der Waals surface area contributed by atoms with E-state index >= 15 is 0 Å². The van der Waals surface area contributed by atoms with Crippen LogP contribution in [0.15, 0.2) is 24.5 Å². The number of aromatic nitrogens is 1. The molecule has 8 nitrogen and oxygen atoms in total. The van der Waals surface area contributed by atoms with Crippen molar-refractivity contribution in [1.29, 1.82) is 0 Å². The molecule has 1 N–H and O–H groups in total. The number of nitrogens with zero attached hydrogens (tertiary/aromatic N) is 2. The highest BCUT2D eigenvalue weighted by atomic mass is 16.6. The molecular formula is C18H25N3O5. The topological polar surface area (TPSA) is 104 Å². The molecule has 26 heavy (non-hydrogen) atoms. The number of nitrogens with one attached hydrogen (secondary N) is 1. The van der Waals surface area contributed by atoms with E-state index in [0.29, 0.717) is 12.0 Å². The van der Waals surface area contributed by atoms with Gasteiger partial charge in [-0.25, -0.2) is 4.79 Å². The van der Waals surface area contributed by atoms with Gasteiger partial charge in [-0.3, -0.25) is 15.1 Å². The molecule has 1 aromatic rings. The van der Waals surface area contributed by atoms with Gasteiger partial charge >= 0.3 is 6.09 Å². The highest BCUT2D eigenvalue weighted by Gasteiger charge is 2.34. The normalized spacial score (nSPS) is 23.1. The number of ether oxygens (including phenoxy) is 2. The molecule has 142 valence electrons. The van der Waals surface area contributed by atoms with Gasteiger partial charge in [0.1, 0.15) is 11.8 Å². The lowest BCUT2D eigenvalue weighted by molar-refractivity contribution is -0.385. The van der Waals surface area contributed by atoms with Crippen molar-refractivity contribution in [3.8, 4) is 0 Å². The van der Waals surface area contributed by atoms with Gasteiger partial charge in [0, 0.05) is 13.3 Å². The second-order valence-corrected chi connectivity index (χ2v) is 7.40. The van der Waals surface area contributed by atoms with Crippen LogP contribution in [-0.4, -0.2) is 40.9 Å². The van der Waals surface area contributed by atoms with E-state index in [-0.39, 0.29) is 17.7 Å². The molecule has 0 aliphatic heterocycles. The van der Waals surface area contributed by atoms with Crippen molar-refractivity contribution < 1.29 is 19.2 Å². The molecule has 8 heteroatoms. The van der Waals surface area contributed by atoms with Crippen LogP contribution in [0.1, 0.15) is 39.7 Å². The van der Waals surface area contributed by atoms with Gasteiger partial charge in [-0.05, 0) is 44.7 Å². The monoisotopic (exact) mass is 363 g/mol. The fraction of sp³-hybridized carbons (Fsp3) is 0.556. The predicted molar refractivity (Wildman–Crippen MR) is 96.6 cm³/mol. The number of nitro groups is 1. The quantitative estimate of drug-likeness (QED) is 0.650. The number of hydrogen-bond donors (Lipinski definition) is 1. The minimum atomic E-state index is -0.622. The number of pyridine rings is 1. The Balaban J connectivity index is 2.35. The Labute approximate surface area is 152 Å². The van der Waals surface area contributed by atoms with Crippen LogP contribution in [-0.2, 0) is 9.47 Å². The number of methoxy groups -OCH3 is 1. The Morgan fingerprint density at radius 1 is 1.42 bits per heavy atom. The maximum Gasteiger partial charge on any atom is 0.408 e. The minimum Gasteiger partial charge on any atom is -0.444 e. The Morgan fingerprint density at radius 2 is 2.12 bits per heavy atom. The van der Waals surface area contributed by atoms with Crippen molar-refractivity contribution in [2.45, 2.75) is 51.9 Å². The van der Waals surface area contributed by atoms with Crippen molar-refractivity contribution in [2.75, 3.05) is 7.11 Å². The lowest BCUT2D eigenvalue weighted by Crippen LogP contribution is -2.49. The van der Waals surface area contributed by atoms with Crippen LogP contribution in [0.3, 0.4) is 0 Å². The lowest BCUT2D eigenvalue weighted by atomic mass is 9.81. The molecule has 0 unspecified atom stereocenters. The lowest BCUT2D eigenvalue weighted by Gasteiger charge is -2.35. The maximum absolute atomic E-state index is 12.2. The number of carbonyl (C=O) groups excluding carboxylic acids is 1. The first-order valence-electron chi connectivity index (χ1n) is 8.44. The number of allylic oxidation sites excluding steroid dienone is 1. The van der Waals surface area contributed by atoms with Gasteiger partial charge in [-0.15, -0.1) is 0 Å².